The molecule has 1 aromatic rings. The molecule has 0 spiro atoms. The smallest absolute Gasteiger partial charge is 0.193 e. The van der Waals surface area contributed by atoms with E-state index >= 15 is 0 Å². The molecule has 3 atom stereocenters. The highest BCUT2D eigenvalue weighted by atomic mass is 35.5. The van der Waals surface area contributed by atoms with Gasteiger partial charge in [-0.2, -0.15) is 0 Å². The Balaban J connectivity index is 1.54. The molecule has 4 heteroatoms. The summed E-state index contributed by atoms with van der Waals surface area (Å²) in [5, 5.41) is 3.92. The van der Waals surface area contributed by atoms with E-state index in [0.29, 0.717) is 23.5 Å². The van der Waals surface area contributed by atoms with Gasteiger partial charge in [-0.25, -0.2) is 0 Å². The summed E-state index contributed by atoms with van der Waals surface area (Å²) in [7, 11) is 0. The van der Waals surface area contributed by atoms with E-state index in [2.05, 4.69) is 5.32 Å². The molecule has 2 saturated heterocycles. The Labute approximate surface area is 93.7 Å². The van der Waals surface area contributed by atoms with E-state index in [1.807, 2.05) is 6.07 Å². The molecule has 3 nitrogen and oxygen atoms in total. The number of fused-ring (bicyclic) bond motifs is 2. The first-order chi connectivity index (χ1) is 7.31. The Morgan fingerprint density at radius 2 is 2.33 bits per heavy atom. The van der Waals surface area contributed by atoms with Gasteiger partial charge in [0.15, 0.2) is 5.22 Å². The van der Waals surface area contributed by atoms with Gasteiger partial charge in [0.1, 0.15) is 5.76 Å². The summed E-state index contributed by atoms with van der Waals surface area (Å²) in [5.74, 6) is 0.891. The van der Waals surface area contributed by atoms with Gasteiger partial charge in [0.2, 0.25) is 0 Å². The van der Waals surface area contributed by atoms with Crippen LogP contribution in [0.5, 0.6) is 0 Å². The van der Waals surface area contributed by atoms with E-state index in [4.69, 9.17) is 20.8 Å². The number of ether oxygens (including phenoxy) is 1. The Kier molecular flexibility index (Phi) is 2.47. The maximum atomic E-state index is 5.76. The Hall–Kier alpha value is -0.510. The molecule has 0 radical (unpaired) electrons. The fourth-order valence-electron chi connectivity index (χ4n) is 2.53. The molecule has 1 N–H and O–H groups in total. The van der Waals surface area contributed by atoms with E-state index in [-0.39, 0.29) is 0 Å². The minimum atomic E-state index is 0.417. The summed E-state index contributed by atoms with van der Waals surface area (Å²) in [6.07, 6.45) is 4.48. The molecular weight excluding hydrogens is 214 g/mol. The van der Waals surface area contributed by atoms with Crippen LogP contribution in [0.25, 0.3) is 0 Å². The molecule has 15 heavy (non-hydrogen) atoms. The van der Waals surface area contributed by atoms with Gasteiger partial charge in [0, 0.05) is 6.04 Å². The summed E-state index contributed by atoms with van der Waals surface area (Å²) in [5.41, 5.74) is 0. The highest BCUT2D eigenvalue weighted by Gasteiger charge is 2.40. The Morgan fingerprint density at radius 1 is 1.40 bits per heavy atom. The van der Waals surface area contributed by atoms with Gasteiger partial charge in [-0.15, -0.1) is 0 Å². The molecule has 0 aromatic carbocycles. The summed E-state index contributed by atoms with van der Waals surface area (Å²) < 4.78 is 11.0. The first-order valence-electron chi connectivity index (χ1n) is 5.44. The third-order valence-corrected chi connectivity index (χ3v) is 3.48. The van der Waals surface area contributed by atoms with Gasteiger partial charge < -0.3 is 14.5 Å². The molecule has 2 aliphatic heterocycles. The predicted octanol–water partition coefficient (Wildman–Crippen LogP) is 2.34. The zero-order chi connectivity index (χ0) is 10.3. The van der Waals surface area contributed by atoms with Crippen molar-refractivity contribution in [3.05, 3.63) is 23.1 Å². The highest BCUT2D eigenvalue weighted by Crippen LogP contribution is 2.34. The van der Waals surface area contributed by atoms with Crippen LogP contribution in [0.4, 0.5) is 0 Å². The lowest BCUT2D eigenvalue weighted by atomic mass is 9.95. The van der Waals surface area contributed by atoms with Gasteiger partial charge in [-0.3, -0.25) is 0 Å². The van der Waals surface area contributed by atoms with Crippen LogP contribution in [0.15, 0.2) is 16.5 Å². The molecule has 1 aromatic heterocycles. The van der Waals surface area contributed by atoms with Crippen molar-refractivity contribution in [1.29, 1.82) is 0 Å². The number of hydrogen-bond donors (Lipinski definition) is 1. The fraction of sp³-hybridized carbons (Fsp3) is 0.636. The highest BCUT2D eigenvalue weighted by molar-refractivity contribution is 6.28. The average molecular weight is 228 g/mol. The molecule has 82 valence electrons. The van der Waals surface area contributed by atoms with Gasteiger partial charge in [0.25, 0.3) is 0 Å². The van der Waals surface area contributed by atoms with Gasteiger partial charge in [-0.1, -0.05) is 0 Å². The topological polar surface area (TPSA) is 34.4 Å². The monoisotopic (exact) mass is 227 g/mol. The maximum Gasteiger partial charge on any atom is 0.193 e. The molecule has 2 bridgehead atoms. The van der Waals surface area contributed by atoms with Crippen molar-refractivity contribution >= 4 is 11.6 Å². The summed E-state index contributed by atoms with van der Waals surface area (Å²) in [4.78, 5) is 0. The summed E-state index contributed by atoms with van der Waals surface area (Å²) in [6.45, 7) is 0.740. The van der Waals surface area contributed by atoms with Crippen molar-refractivity contribution < 1.29 is 9.15 Å². The zero-order valence-corrected chi connectivity index (χ0v) is 9.17. The van der Waals surface area contributed by atoms with Crippen molar-refractivity contribution in [2.24, 2.45) is 0 Å². The van der Waals surface area contributed by atoms with Crippen LogP contribution < -0.4 is 5.32 Å². The Morgan fingerprint density at radius 3 is 2.93 bits per heavy atom. The van der Waals surface area contributed by atoms with Crippen LogP contribution >= 0.6 is 11.6 Å². The van der Waals surface area contributed by atoms with Crippen molar-refractivity contribution in [2.75, 3.05) is 0 Å². The third-order valence-electron chi connectivity index (χ3n) is 3.27. The molecule has 2 fully saturated rings. The second-order valence-electron chi connectivity index (χ2n) is 4.30. The van der Waals surface area contributed by atoms with Gasteiger partial charge >= 0.3 is 0 Å². The van der Waals surface area contributed by atoms with Crippen LogP contribution in [0.1, 0.15) is 25.0 Å². The van der Waals surface area contributed by atoms with Crippen LogP contribution in [-0.4, -0.2) is 18.2 Å². The SMILES string of the molecule is Clc1ccc(CNC2CC3CCC2O3)o1. The second-order valence-corrected chi connectivity index (χ2v) is 4.68. The first-order valence-corrected chi connectivity index (χ1v) is 5.82. The molecule has 3 heterocycles. The minimum absolute atomic E-state index is 0.417. The quantitative estimate of drug-likeness (QED) is 0.861. The minimum Gasteiger partial charge on any atom is -0.448 e. The van der Waals surface area contributed by atoms with E-state index in [0.717, 1.165) is 18.7 Å². The number of halogens is 1. The lowest BCUT2D eigenvalue weighted by molar-refractivity contribution is 0.0970. The lowest BCUT2D eigenvalue weighted by Crippen LogP contribution is -2.36. The maximum absolute atomic E-state index is 5.76. The van der Waals surface area contributed by atoms with Gasteiger partial charge in [0.05, 0.1) is 18.8 Å². The van der Waals surface area contributed by atoms with E-state index in [1.54, 1.807) is 6.07 Å². The van der Waals surface area contributed by atoms with Crippen LogP contribution in [0.2, 0.25) is 5.22 Å². The number of hydrogen-bond acceptors (Lipinski definition) is 3. The second kappa shape index (κ2) is 3.81. The molecule has 2 aliphatic rings. The third kappa shape index (κ3) is 1.92. The molecule has 3 rings (SSSR count). The van der Waals surface area contributed by atoms with Crippen molar-refractivity contribution in [2.45, 2.75) is 44.1 Å². The molecular formula is C11H14ClNO2. The molecule has 0 amide bonds. The zero-order valence-electron chi connectivity index (χ0n) is 8.41. The van der Waals surface area contributed by atoms with Crippen molar-refractivity contribution in [3.8, 4) is 0 Å². The van der Waals surface area contributed by atoms with Crippen LogP contribution in [0.3, 0.4) is 0 Å². The van der Waals surface area contributed by atoms with E-state index < -0.39 is 0 Å². The number of furan rings is 1. The lowest BCUT2D eigenvalue weighted by Gasteiger charge is -2.19. The molecule has 3 unspecified atom stereocenters. The number of rotatable bonds is 3. The summed E-state index contributed by atoms with van der Waals surface area (Å²) in [6, 6.07) is 4.17. The Bertz CT molecular complexity index is 352. The molecule has 0 aliphatic carbocycles. The average Bonchev–Trinajstić information content (AvgIpc) is 2.90. The molecule has 0 saturated carbocycles. The van der Waals surface area contributed by atoms with Crippen molar-refractivity contribution in [3.63, 3.8) is 0 Å². The van der Waals surface area contributed by atoms with E-state index in [1.165, 1.54) is 12.8 Å². The largest absolute Gasteiger partial charge is 0.448 e. The fourth-order valence-corrected chi connectivity index (χ4v) is 2.69. The number of nitrogens with one attached hydrogen (secondary N) is 1. The first kappa shape index (κ1) is 9.70. The summed E-state index contributed by atoms with van der Waals surface area (Å²) >= 11 is 5.70. The standard InChI is InChI=1S/C11H14ClNO2/c12-11-4-2-8(15-11)6-13-9-5-7-1-3-10(9)14-7/h2,4,7,9-10,13H,1,3,5-6H2. The normalized spacial score (nSPS) is 33.8. The van der Waals surface area contributed by atoms with Crippen molar-refractivity contribution in [1.82, 2.24) is 5.32 Å². The van der Waals surface area contributed by atoms with Crippen LogP contribution in [-0.2, 0) is 11.3 Å². The predicted molar refractivity (Wildman–Crippen MR) is 56.9 cm³/mol. The van der Waals surface area contributed by atoms with Gasteiger partial charge in [-0.05, 0) is 43.0 Å². The van der Waals surface area contributed by atoms with Crippen LogP contribution in [0, 0.1) is 0 Å². The van der Waals surface area contributed by atoms with E-state index in [9.17, 15) is 0 Å².